The molecular weight excluding hydrogens is 325 g/mol. The van der Waals surface area contributed by atoms with E-state index in [4.69, 9.17) is 16.3 Å². The Bertz CT molecular complexity index is 575. The minimum Gasteiger partial charge on any atom is -0.454 e. The number of benzene rings is 2. The van der Waals surface area contributed by atoms with Gasteiger partial charge in [0, 0.05) is 16.4 Å². The summed E-state index contributed by atoms with van der Waals surface area (Å²) in [5.41, 5.74) is 0.571. The molecule has 0 amide bonds. The summed E-state index contributed by atoms with van der Waals surface area (Å²) in [5, 5.41) is 0. The molecule has 0 bridgehead atoms. The number of halogens is 4. The van der Waals surface area contributed by atoms with E-state index in [0.717, 1.165) is 0 Å². The Morgan fingerprint density at radius 1 is 1.11 bits per heavy atom. The van der Waals surface area contributed by atoms with Crippen molar-refractivity contribution < 1.29 is 13.5 Å². The SMILES string of the molecule is Fc1cc(CCl)cc(Oc2cc(Br)ccc2F)c1. The van der Waals surface area contributed by atoms with Gasteiger partial charge in [0.15, 0.2) is 11.6 Å². The van der Waals surface area contributed by atoms with Crippen molar-refractivity contribution in [2.75, 3.05) is 0 Å². The van der Waals surface area contributed by atoms with Gasteiger partial charge in [0.25, 0.3) is 0 Å². The van der Waals surface area contributed by atoms with Crippen LogP contribution >= 0.6 is 27.5 Å². The maximum absolute atomic E-state index is 13.5. The molecule has 0 radical (unpaired) electrons. The van der Waals surface area contributed by atoms with Gasteiger partial charge in [-0.1, -0.05) is 15.9 Å². The average Bonchev–Trinajstić information content (AvgIpc) is 2.33. The fourth-order valence-corrected chi connectivity index (χ4v) is 1.93. The zero-order valence-corrected chi connectivity index (χ0v) is 11.4. The molecule has 0 fully saturated rings. The summed E-state index contributed by atoms with van der Waals surface area (Å²) in [7, 11) is 0. The molecule has 0 aliphatic rings. The van der Waals surface area contributed by atoms with Crippen molar-refractivity contribution in [2.24, 2.45) is 0 Å². The Hall–Kier alpha value is -1.13. The van der Waals surface area contributed by atoms with Gasteiger partial charge in [0.2, 0.25) is 0 Å². The topological polar surface area (TPSA) is 9.23 Å². The number of ether oxygens (including phenoxy) is 1. The Labute approximate surface area is 116 Å². The smallest absolute Gasteiger partial charge is 0.165 e. The molecule has 2 aromatic rings. The first kappa shape index (κ1) is 13.3. The zero-order valence-electron chi connectivity index (χ0n) is 9.09. The molecule has 2 aromatic carbocycles. The highest BCUT2D eigenvalue weighted by Crippen LogP contribution is 2.28. The second-order valence-corrected chi connectivity index (χ2v) is 4.79. The summed E-state index contributed by atoms with van der Waals surface area (Å²) in [6, 6.07) is 8.34. The first-order valence-corrected chi connectivity index (χ1v) is 6.39. The third-order valence-corrected chi connectivity index (χ3v) is 3.01. The molecule has 1 nitrogen and oxygen atoms in total. The van der Waals surface area contributed by atoms with Crippen LogP contribution in [0.15, 0.2) is 40.9 Å². The van der Waals surface area contributed by atoms with Crippen LogP contribution in [-0.2, 0) is 5.88 Å². The molecule has 0 heterocycles. The Morgan fingerprint density at radius 2 is 1.89 bits per heavy atom. The van der Waals surface area contributed by atoms with Gasteiger partial charge in [0.05, 0.1) is 0 Å². The van der Waals surface area contributed by atoms with Gasteiger partial charge >= 0.3 is 0 Å². The van der Waals surface area contributed by atoms with E-state index in [2.05, 4.69) is 15.9 Å². The van der Waals surface area contributed by atoms with E-state index >= 15 is 0 Å². The standard InChI is InChI=1S/C13H8BrClF2O/c14-9-1-2-12(17)13(5-9)18-11-4-8(7-15)3-10(16)6-11/h1-6H,7H2. The highest BCUT2D eigenvalue weighted by atomic mass is 79.9. The normalized spacial score (nSPS) is 10.4. The third-order valence-electron chi connectivity index (χ3n) is 2.21. The van der Waals surface area contributed by atoms with E-state index in [-0.39, 0.29) is 17.4 Å². The molecule has 5 heteroatoms. The molecule has 0 unspecified atom stereocenters. The van der Waals surface area contributed by atoms with E-state index < -0.39 is 11.6 Å². The van der Waals surface area contributed by atoms with E-state index in [9.17, 15) is 8.78 Å². The molecule has 0 atom stereocenters. The van der Waals surface area contributed by atoms with E-state index in [1.54, 1.807) is 12.1 Å². The lowest BCUT2D eigenvalue weighted by Gasteiger charge is -2.08. The Morgan fingerprint density at radius 3 is 2.61 bits per heavy atom. The maximum atomic E-state index is 13.5. The van der Waals surface area contributed by atoms with Crippen molar-refractivity contribution >= 4 is 27.5 Å². The number of alkyl halides is 1. The first-order valence-electron chi connectivity index (χ1n) is 5.07. The van der Waals surface area contributed by atoms with Gasteiger partial charge in [0.1, 0.15) is 11.6 Å². The van der Waals surface area contributed by atoms with Crippen molar-refractivity contribution in [3.63, 3.8) is 0 Å². The molecule has 0 aliphatic carbocycles. The predicted molar refractivity (Wildman–Crippen MR) is 70.1 cm³/mol. The van der Waals surface area contributed by atoms with Crippen LogP contribution in [0, 0.1) is 11.6 Å². The minimum absolute atomic E-state index is 0.0236. The van der Waals surface area contributed by atoms with Gasteiger partial charge in [-0.05, 0) is 35.9 Å². The molecule has 0 saturated heterocycles. The van der Waals surface area contributed by atoms with Crippen LogP contribution in [0.2, 0.25) is 0 Å². The van der Waals surface area contributed by atoms with Crippen molar-refractivity contribution in [2.45, 2.75) is 5.88 Å². The summed E-state index contributed by atoms with van der Waals surface area (Å²) >= 11 is 8.84. The lowest BCUT2D eigenvalue weighted by atomic mass is 10.2. The predicted octanol–water partition coefficient (Wildman–Crippen LogP) is 5.26. The van der Waals surface area contributed by atoms with Crippen molar-refractivity contribution in [3.05, 3.63) is 58.1 Å². The Balaban J connectivity index is 2.33. The zero-order chi connectivity index (χ0) is 13.1. The van der Waals surface area contributed by atoms with Crippen LogP contribution < -0.4 is 4.74 Å². The van der Waals surface area contributed by atoms with Gasteiger partial charge < -0.3 is 4.74 Å². The second kappa shape index (κ2) is 5.67. The number of rotatable bonds is 3. The lowest BCUT2D eigenvalue weighted by Crippen LogP contribution is -1.91. The molecule has 0 aromatic heterocycles. The maximum Gasteiger partial charge on any atom is 0.165 e. The summed E-state index contributed by atoms with van der Waals surface area (Å²) in [6.07, 6.45) is 0. The fourth-order valence-electron chi connectivity index (χ4n) is 1.44. The minimum atomic E-state index is -0.519. The average molecular weight is 334 g/mol. The number of hydrogen-bond acceptors (Lipinski definition) is 1. The highest BCUT2D eigenvalue weighted by molar-refractivity contribution is 9.10. The molecule has 94 valence electrons. The molecule has 0 aliphatic heterocycles. The number of hydrogen-bond donors (Lipinski definition) is 0. The van der Waals surface area contributed by atoms with E-state index in [0.29, 0.717) is 10.0 Å². The molecule has 2 rings (SSSR count). The highest BCUT2D eigenvalue weighted by Gasteiger charge is 2.07. The summed E-state index contributed by atoms with van der Waals surface area (Å²) in [4.78, 5) is 0. The molecule has 0 spiro atoms. The third kappa shape index (κ3) is 3.21. The van der Waals surface area contributed by atoms with Crippen LogP contribution in [0.25, 0.3) is 0 Å². The van der Waals surface area contributed by atoms with Crippen LogP contribution in [0.1, 0.15) is 5.56 Å². The quantitative estimate of drug-likeness (QED) is 0.696. The fraction of sp³-hybridized carbons (Fsp3) is 0.0769. The van der Waals surface area contributed by atoms with Gasteiger partial charge in [-0.15, -0.1) is 11.6 Å². The summed E-state index contributed by atoms with van der Waals surface area (Å²) in [6.45, 7) is 0. The van der Waals surface area contributed by atoms with Crippen molar-refractivity contribution in [3.8, 4) is 11.5 Å². The summed E-state index contributed by atoms with van der Waals surface area (Å²) in [5.74, 6) is -0.596. The van der Waals surface area contributed by atoms with Crippen LogP contribution in [0.3, 0.4) is 0 Å². The van der Waals surface area contributed by atoms with Gasteiger partial charge in [-0.25, -0.2) is 8.78 Å². The lowest BCUT2D eigenvalue weighted by molar-refractivity contribution is 0.438. The van der Waals surface area contributed by atoms with Gasteiger partial charge in [-0.3, -0.25) is 0 Å². The first-order chi connectivity index (χ1) is 8.58. The van der Waals surface area contributed by atoms with Crippen LogP contribution in [0.5, 0.6) is 11.5 Å². The van der Waals surface area contributed by atoms with Gasteiger partial charge in [-0.2, -0.15) is 0 Å². The van der Waals surface area contributed by atoms with Crippen molar-refractivity contribution in [1.82, 2.24) is 0 Å². The molecule has 0 N–H and O–H groups in total. The van der Waals surface area contributed by atoms with E-state index in [1.807, 2.05) is 0 Å². The van der Waals surface area contributed by atoms with Crippen LogP contribution in [0.4, 0.5) is 8.78 Å². The van der Waals surface area contributed by atoms with E-state index in [1.165, 1.54) is 24.3 Å². The second-order valence-electron chi connectivity index (χ2n) is 3.61. The molecule has 0 saturated carbocycles. The Kier molecular flexibility index (Phi) is 4.19. The molecule has 18 heavy (non-hydrogen) atoms. The summed E-state index contributed by atoms with van der Waals surface area (Å²) < 4.78 is 32.7. The van der Waals surface area contributed by atoms with Crippen LogP contribution in [-0.4, -0.2) is 0 Å². The monoisotopic (exact) mass is 332 g/mol. The van der Waals surface area contributed by atoms with Crippen molar-refractivity contribution in [1.29, 1.82) is 0 Å². The molecular formula is C13H8BrClF2O. The largest absolute Gasteiger partial charge is 0.454 e.